The van der Waals surface area contributed by atoms with Gasteiger partial charge >= 0.3 is 0 Å². The molecule has 2 aromatic carbocycles. The van der Waals surface area contributed by atoms with Crippen molar-refractivity contribution in [2.75, 3.05) is 6.54 Å². The van der Waals surface area contributed by atoms with Crippen LogP contribution < -0.4 is 5.32 Å². The summed E-state index contributed by atoms with van der Waals surface area (Å²) >= 11 is 0. The summed E-state index contributed by atoms with van der Waals surface area (Å²) in [5, 5.41) is 3.36. The van der Waals surface area contributed by atoms with Crippen molar-refractivity contribution in [2.45, 2.75) is 26.8 Å². The zero-order valence-corrected chi connectivity index (χ0v) is 11.7. The number of aryl methyl sites for hydroxylation is 2. The van der Waals surface area contributed by atoms with Gasteiger partial charge in [0.05, 0.1) is 6.04 Å². The monoisotopic (exact) mass is 257 g/mol. The van der Waals surface area contributed by atoms with E-state index in [1.807, 2.05) is 38.1 Å². The molecule has 2 heteroatoms. The predicted molar refractivity (Wildman–Crippen MR) is 77.8 cm³/mol. The van der Waals surface area contributed by atoms with Gasteiger partial charge < -0.3 is 5.32 Å². The molecule has 2 rings (SSSR count). The van der Waals surface area contributed by atoms with Gasteiger partial charge in [-0.15, -0.1) is 0 Å². The molecule has 1 unspecified atom stereocenters. The lowest BCUT2D eigenvalue weighted by Gasteiger charge is -2.20. The first-order chi connectivity index (χ1) is 9.11. The normalized spacial score (nSPS) is 12.4. The molecule has 1 N–H and O–H groups in total. The smallest absolute Gasteiger partial charge is 0.128 e. The minimum Gasteiger partial charge on any atom is -0.306 e. The van der Waals surface area contributed by atoms with Gasteiger partial charge in [0.15, 0.2) is 0 Å². The molecule has 2 aromatic rings. The van der Waals surface area contributed by atoms with E-state index in [2.05, 4.69) is 24.4 Å². The number of hydrogen-bond acceptors (Lipinski definition) is 1. The fraction of sp³-hybridized carbons (Fsp3) is 0.294. The molecule has 0 bridgehead atoms. The second-order valence-electron chi connectivity index (χ2n) is 4.93. The van der Waals surface area contributed by atoms with E-state index in [1.54, 1.807) is 6.07 Å². The predicted octanol–water partition coefficient (Wildman–Crippen LogP) is 4.14. The van der Waals surface area contributed by atoms with E-state index in [9.17, 15) is 4.39 Å². The molecule has 0 aromatic heterocycles. The quantitative estimate of drug-likeness (QED) is 0.868. The first-order valence-electron chi connectivity index (χ1n) is 6.68. The van der Waals surface area contributed by atoms with Crippen LogP contribution in [-0.4, -0.2) is 6.54 Å². The van der Waals surface area contributed by atoms with Crippen molar-refractivity contribution >= 4 is 0 Å². The summed E-state index contributed by atoms with van der Waals surface area (Å²) in [6, 6.07) is 13.5. The van der Waals surface area contributed by atoms with Crippen molar-refractivity contribution in [3.05, 3.63) is 70.5 Å². The highest BCUT2D eigenvalue weighted by Crippen LogP contribution is 2.25. The molecule has 0 spiro atoms. The van der Waals surface area contributed by atoms with Crippen LogP contribution >= 0.6 is 0 Å². The fourth-order valence-corrected chi connectivity index (χ4v) is 2.33. The minimum atomic E-state index is -0.146. The molecular formula is C17H20FN. The van der Waals surface area contributed by atoms with Crippen molar-refractivity contribution in [2.24, 2.45) is 0 Å². The van der Waals surface area contributed by atoms with Gasteiger partial charge in [0, 0.05) is 5.56 Å². The van der Waals surface area contributed by atoms with Crippen LogP contribution in [0.4, 0.5) is 4.39 Å². The molecule has 100 valence electrons. The van der Waals surface area contributed by atoms with Crippen LogP contribution in [-0.2, 0) is 0 Å². The molecule has 19 heavy (non-hydrogen) atoms. The van der Waals surface area contributed by atoms with E-state index in [4.69, 9.17) is 0 Å². The molecule has 0 aliphatic carbocycles. The average Bonchev–Trinajstić information content (AvgIpc) is 2.37. The molecule has 0 heterocycles. The Morgan fingerprint density at radius 2 is 1.79 bits per heavy atom. The summed E-state index contributed by atoms with van der Waals surface area (Å²) in [7, 11) is 0. The van der Waals surface area contributed by atoms with Crippen LogP contribution in [0.25, 0.3) is 0 Å². The Bertz CT molecular complexity index is 563. The summed E-state index contributed by atoms with van der Waals surface area (Å²) in [6.07, 6.45) is 0. The lowest BCUT2D eigenvalue weighted by atomic mass is 9.96. The molecular weight excluding hydrogens is 237 g/mol. The maximum Gasteiger partial charge on any atom is 0.128 e. The highest BCUT2D eigenvalue weighted by atomic mass is 19.1. The Hall–Kier alpha value is -1.67. The fourth-order valence-electron chi connectivity index (χ4n) is 2.33. The highest BCUT2D eigenvalue weighted by molar-refractivity contribution is 5.36. The van der Waals surface area contributed by atoms with Gasteiger partial charge in [0.25, 0.3) is 0 Å². The average molecular weight is 257 g/mol. The summed E-state index contributed by atoms with van der Waals surface area (Å²) in [5.74, 6) is -0.146. The van der Waals surface area contributed by atoms with Crippen molar-refractivity contribution in [3.8, 4) is 0 Å². The van der Waals surface area contributed by atoms with Crippen LogP contribution in [0, 0.1) is 19.7 Å². The topological polar surface area (TPSA) is 12.0 Å². The highest BCUT2D eigenvalue weighted by Gasteiger charge is 2.16. The first kappa shape index (κ1) is 13.8. The van der Waals surface area contributed by atoms with E-state index in [1.165, 1.54) is 5.56 Å². The molecule has 0 amide bonds. The van der Waals surface area contributed by atoms with Gasteiger partial charge in [-0.25, -0.2) is 4.39 Å². The largest absolute Gasteiger partial charge is 0.306 e. The summed E-state index contributed by atoms with van der Waals surface area (Å²) < 4.78 is 14.2. The zero-order chi connectivity index (χ0) is 13.8. The second-order valence-corrected chi connectivity index (χ2v) is 4.93. The molecule has 0 aliphatic rings. The van der Waals surface area contributed by atoms with Crippen LogP contribution in [0.1, 0.15) is 35.2 Å². The van der Waals surface area contributed by atoms with E-state index in [0.29, 0.717) is 5.56 Å². The summed E-state index contributed by atoms with van der Waals surface area (Å²) in [6.45, 7) is 6.79. The summed E-state index contributed by atoms with van der Waals surface area (Å²) in [5.41, 5.74) is 3.94. The van der Waals surface area contributed by atoms with E-state index < -0.39 is 0 Å². The van der Waals surface area contributed by atoms with Crippen molar-refractivity contribution in [3.63, 3.8) is 0 Å². The molecule has 0 saturated heterocycles. The van der Waals surface area contributed by atoms with E-state index >= 15 is 0 Å². The molecule has 1 atom stereocenters. The third-order valence-corrected chi connectivity index (χ3v) is 3.25. The van der Waals surface area contributed by atoms with E-state index in [-0.39, 0.29) is 11.9 Å². The Labute approximate surface area is 114 Å². The lowest BCUT2D eigenvalue weighted by molar-refractivity contribution is 0.558. The number of rotatable bonds is 4. The Morgan fingerprint density at radius 3 is 2.42 bits per heavy atom. The van der Waals surface area contributed by atoms with Crippen molar-refractivity contribution in [1.29, 1.82) is 0 Å². The summed E-state index contributed by atoms with van der Waals surface area (Å²) in [4.78, 5) is 0. The standard InChI is InChI=1S/C17H20FN/c1-4-19-17(14-7-5-6-12(2)10-14)15-9-8-13(3)11-16(15)18/h5-11,17,19H,4H2,1-3H3. The molecule has 0 aliphatic heterocycles. The van der Waals surface area contributed by atoms with Crippen LogP contribution in [0.5, 0.6) is 0 Å². The molecule has 1 nitrogen and oxygen atoms in total. The van der Waals surface area contributed by atoms with Gasteiger partial charge in [0.1, 0.15) is 5.82 Å². The van der Waals surface area contributed by atoms with Gasteiger partial charge in [-0.3, -0.25) is 0 Å². The lowest BCUT2D eigenvalue weighted by Crippen LogP contribution is -2.23. The Balaban J connectivity index is 2.45. The minimum absolute atomic E-state index is 0.0921. The number of nitrogens with one attached hydrogen (secondary N) is 1. The van der Waals surface area contributed by atoms with Gasteiger partial charge in [-0.05, 0) is 37.6 Å². The van der Waals surface area contributed by atoms with Gasteiger partial charge in [-0.2, -0.15) is 0 Å². The van der Waals surface area contributed by atoms with Crippen LogP contribution in [0.2, 0.25) is 0 Å². The molecule has 0 fully saturated rings. The van der Waals surface area contributed by atoms with Gasteiger partial charge in [-0.1, -0.05) is 48.9 Å². The molecule has 0 radical (unpaired) electrons. The third-order valence-electron chi connectivity index (χ3n) is 3.25. The number of halogens is 1. The SMILES string of the molecule is CCNC(c1cccc(C)c1)c1ccc(C)cc1F. The first-order valence-corrected chi connectivity index (χ1v) is 6.68. The Morgan fingerprint density at radius 1 is 1.05 bits per heavy atom. The zero-order valence-electron chi connectivity index (χ0n) is 11.7. The van der Waals surface area contributed by atoms with Crippen molar-refractivity contribution in [1.82, 2.24) is 5.32 Å². The van der Waals surface area contributed by atoms with Crippen LogP contribution in [0.3, 0.4) is 0 Å². The third kappa shape index (κ3) is 3.21. The van der Waals surface area contributed by atoms with Crippen molar-refractivity contribution < 1.29 is 4.39 Å². The Kier molecular flexibility index (Phi) is 4.33. The maximum atomic E-state index is 14.2. The molecule has 0 saturated carbocycles. The van der Waals surface area contributed by atoms with Crippen LogP contribution in [0.15, 0.2) is 42.5 Å². The van der Waals surface area contributed by atoms with E-state index in [0.717, 1.165) is 17.7 Å². The number of benzene rings is 2. The maximum absolute atomic E-state index is 14.2. The number of hydrogen-bond donors (Lipinski definition) is 1. The van der Waals surface area contributed by atoms with Gasteiger partial charge in [0.2, 0.25) is 0 Å². The second kappa shape index (κ2) is 5.98.